The van der Waals surface area contributed by atoms with Gasteiger partial charge in [0.05, 0.1) is 12.2 Å². The van der Waals surface area contributed by atoms with E-state index in [-0.39, 0.29) is 11.9 Å². The fourth-order valence-electron chi connectivity index (χ4n) is 2.14. The Bertz CT molecular complexity index is 509. The maximum absolute atomic E-state index is 12.1. The van der Waals surface area contributed by atoms with E-state index in [9.17, 15) is 9.59 Å². The van der Waals surface area contributed by atoms with Gasteiger partial charge in [0, 0.05) is 13.0 Å². The minimum atomic E-state index is -0.331. The van der Waals surface area contributed by atoms with Crippen molar-refractivity contribution in [3.63, 3.8) is 0 Å². The van der Waals surface area contributed by atoms with Crippen molar-refractivity contribution in [1.82, 2.24) is 5.32 Å². The molecule has 1 saturated carbocycles. The summed E-state index contributed by atoms with van der Waals surface area (Å²) in [6, 6.07) is 0. The van der Waals surface area contributed by atoms with Crippen LogP contribution in [0.5, 0.6) is 0 Å². The summed E-state index contributed by atoms with van der Waals surface area (Å²) in [5.41, 5.74) is 1.58. The number of anilines is 1. The van der Waals surface area contributed by atoms with Crippen LogP contribution in [0.1, 0.15) is 54.9 Å². The Kier molecular flexibility index (Phi) is 5.76. The largest absolute Gasteiger partial charge is 0.462 e. The van der Waals surface area contributed by atoms with E-state index < -0.39 is 0 Å². The average Bonchev–Trinajstić information content (AvgIpc) is 3.21. The first kappa shape index (κ1) is 16.0. The number of carbonyl (C=O) groups is 2. The van der Waals surface area contributed by atoms with Gasteiger partial charge in [-0.15, -0.1) is 11.3 Å². The van der Waals surface area contributed by atoms with Crippen molar-refractivity contribution in [2.75, 3.05) is 25.0 Å². The van der Waals surface area contributed by atoms with Gasteiger partial charge in [0.15, 0.2) is 0 Å². The molecule has 1 aliphatic carbocycles. The number of rotatable bonds is 8. The molecule has 21 heavy (non-hydrogen) atoms. The Hall–Kier alpha value is -1.40. The lowest BCUT2D eigenvalue weighted by atomic mass is 10.1. The van der Waals surface area contributed by atoms with Crippen LogP contribution in [0.3, 0.4) is 0 Å². The minimum absolute atomic E-state index is 0.0781. The zero-order chi connectivity index (χ0) is 15.2. The second-order valence-corrected chi connectivity index (χ2v) is 5.92. The summed E-state index contributed by atoms with van der Waals surface area (Å²) in [5, 5.41) is 8.56. The van der Waals surface area contributed by atoms with Crippen LogP contribution in [0, 0.1) is 0 Å². The Morgan fingerprint density at radius 1 is 1.38 bits per heavy atom. The number of thiophene rings is 1. The molecule has 0 aromatic carbocycles. The van der Waals surface area contributed by atoms with Crippen molar-refractivity contribution in [3.05, 3.63) is 16.5 Å². The van der Waals surface area contributed by atoms with Gasteiger partial charge >= 0.3 is 5.97 Å². The summed E-state index contributed by atoms with van der Waals surface area (Å²) < 4.78 is 5.13. The number of ether oxygens (including phenoxy) is 1. The fourth-order valence-corrected chi connectivity index (χ4v) is 3.19. The van der Waals surface area contributed by atoms with Crippen molar-refractivity contribution in [3.8, 4) is 0 Å². The predicted molar refractivity (Wildman–Crippen MR) is 84.0 cm³/mol. The van der Waals surface area contributed by atoms with Gasteiger partial charge in [-0.3, -0.25) is 4.79 Å². The molecule has 1 amide bonds. The molecule has 1 aliphatic rings. The third-order valence-electron chi connectivity index (χ3n) is 3.35. The second-order valence-electron chi connectivity index (χ2n) is 5.04. The molecule has 0 bridgehead atoms. The lowest BCUT2D eigenvalue weighted by molar-refractivity contribution is -0.116. The highest BCUT2D eigenvalue weighted by Crippen LogP contribution is 2.46. The molecule has 2 N–H and O–H groups in total. The molecule has 116 valence electrons. The number of nitrogens with one attached hydrogen (secondary N) is 2. The van der Waals surface area contributed by atoms with Gasteiger partial charge < -0.3 is 15.4 Å². The molecule has 0 spiro atoms. The molecule has 1 fully saturated rings. The summed E-state index contributed by atoms with van der Waals surface area (Å²) in [4.78, 5) is 24.1. The van der Waals surface area contributed by atoms with E-state index >= 15 is 0 Å². The lowest BCUT2D eigenvalue weighted by Gasteiger charge is -2.08. The van der Waals surface area contributed by atoms with Gasteiger partial charge in [0.25, 0.3) is 0 Å². The normalized spacial score (nSPS) is 14.0. The van der Waals surface area contributed by atoms with E-state index in [1.54, 1.807) is 6.92 Å². The molecule has 6 heteroatoms. The highest BCUT2D eigenvalue weighted by molar-refractivity contribution is 7.15. The molecule has 5 nitrogen and oxygen atoms in total. The molecular weight excluding hydrogens is 288 g/mol. The van der Waals surface area contributed by atoms with E-state index in [0.29, 0.717) is 36.1 Å². The van der Waals surface area contributed by atoms with Crippen LogP contribution in [0.2, 0.25) is 0 Å². The molecular formula is C15H22N2O3S. The van der Waals surface area contributed by atoms with Crippen molar-refractivity contribution < 1.29 is 14.3 Å². The minimum Gasteiger partial charge on any atom is -0.462 e. The third kappa shape index (κ3) is 4.28. The van der Waals surface area contributed by atoms with E-state index in [2.05, 4.69) is 10.6 Å². The Balaban J connectivity index is 2.07. The van der Waals surface area contributed by atoms with Crippen LogP contribution < -0.4 is 10.6 Å². The van der Waals surface area contributed by atoms with Crippen molar-refractivity contribution >= 4 is 28.2 Å². The van der Waals surface area contributed by atoms with E-state index in [0.717, 1.165) is 24.9 Å². The average molecular weight is 310 g/mol. The first-order chi connectivity index (χ1) is 10.2. The molecule has 0 radical (unpaired) electrons. The zero-order valence-electron chi connectivity index (χ0n) is 12.5. The number of carbonyl (C=O) groups excluding carboxylic acids is 2. The molecule has 0 atom stereocenters. The van der Waals surface area contributed by atoms with Gasteiger partial charge in [0.2, 0.25) is 5.91 Å². The number of amides is 1. The van der Waals surface area contributed by atoms with Gasteiger partial charge in [0.1, 0.15) is 5.00 Å². The molecule has 0 aliphatic heterocycles. The monoisotopic (exact) mass is 310 g/mol. The molecule has 2 rings (SSSR count). The van der Waals surface area contributed by atoms with Gasteiger partial charge in [-0.25, -0.2) is 4.79 Å². The quantitative estimate of drug-likeness (QED) is 0.572. The standard InChI is InChI=1S/C15H22N2O3S/c1-3-16-8-7-12(18)17-14-13(15(19)20-4-2)11(9-21-14)10-5-6-10/h9-10,16H,3-8H2,1-2H3,(H,17,18). The summed E-state index contributed by atoms with van der Waals surface area (Å²) >= 11 is 1.41. The van der Waals surface area contributed by atoms with Crippen LogP contribution in [0.4, 0.5) is 5.00 Å². The van der Waals surface area contributed by atoms with Crippen molar-refractivity contribution in [1.29, 1.82) is 0 Å². The van der Waals surface area contributed by atoms with Gasteiger partial charge in [-0.05, 0) is 43.2 Å². The van der Waals surface area contributed by atoms with Crippen LogP contribution in [-0.2, 0) is 9.53 Å². The van der Waals surface area contributed by atoms with Crippen molar-refractivity contribution in [2.45, 2.75) is 39.0 Å². The van der Waals surface area contributed by atoms with Crippen LogP contribution in [0.15, 0.2) is 5.38 Å². The van der Waals surface area contributed by atoms with Gasteiger partial charge in [-0.2, -0.15) is 0 Å². The Morgan fingerprint density at radius 3 is 2.76 bits per heavy atom. The summed E-state index contributed by atoms with van der Waals surface area (Å²) in [6.07, 6.45) is 2.61. The molecule has 0 saturated heterocycles. The molecule has 1 aromatic heterocycles. The Labute approximate surface area is 129 Å². The predicted octanol–water partition coefficient (Wildman–Crippen LogP) is 2.74. The maximum Gasteiger partial charge on any atom is 0.341 e. The number of esters is 1. The molecule has 1 aromatic rings. The lowest BCUT2D eigenvalue weighted by Crippen LogP contribution is -2.22. The van der Waals surface area contributed by atoms with Crippen LogP contribution >= 0.6 is 11.3 Å². The van der Waals surface area contributed by atoms with Gasteiger partial charge in [-0.1, -0.05) is 6.92 Å². The van der Waals surface area contributed by atoms with E-state index in [1.807, 2.05) is 12.3 Å². The smallest absolute Gasteiger partial charge is 0.341 e. The third-order valence-corrected chi connectivity index (χ3v) is 4.26. The highest BCUT2D eigenvalue weighted by Gasteiger charge is 2.32. The van der Waals surface area contributed by atoms with E-state index in [4.69, 9.17) is 4.74 Å². The van der Waals surface area contributed by atoms with E-state index in [1.165, 1.54) is 11.3 Å². The summed E-state index contributed by atoms with van der Waals surface area (Å²) in [6.45, 7) is 5.60. The van der Waals surface area contributed by atoms with Crippen LogP contribution in [-0.4, -0.2) is 31.6 Å². The molecule has 1 heterocycles. The number of hydrogen-bond donors (Lipinski definition) is 2. The Morgan fingerprint density at radius 2 is 2.14 bits per heavy atom. The molecule has 0 unspecified atom stereocenters. The maximum atomic E-state index is 12.1. The highest BCUT2D eigenvalue weighted by atomic mass is 32.1. The first-order valence-electron chi connectivity index (χ1n) is 7.46. The van der Waals surface area contributed by atoms with Crippen LogP contribution in [0.25, 0.3) is 0 Å². The topological polar surface area (TPSA) is 67.4 Å². The number of hydrogen-bond acceptors (Lipinski definition) is 5. The fraction of sp³-hybridized carbons (Fsp3) is 0.600. The summed E-state index contributed by atoms with van der Waals surface area (Å²) in [5.74, 6) is 0.0430. The SMILES string of the molecule is CCNCCC(=O)Nc1scc(C2CC2)c1C(=O)OCC. The summed E-state index contributed by atoms with van der Waals surface area (Å²) in [7, 11) is 0. The second kappa shape index (κ2) is 7.56. The van der Waals surface area contributed by atoms with Crippen molar-refractivity contribution in [2.24, 2.45) is 0 Å². The zero-order valence-corrected chi connectivity index (χ0v) is 13.3. The first-order valence-corrected chi connectivity index (χ1v) is 8.34.